The molecule has 1 fully saturated rings. The molecule has 2 heterocycles. The maximum Gasteiger partial charge on any atom is 0.246 e. The second-order valence-electron chi connectivity index (χ2n) is 6.24. The van der Waals surface area contributed by atoms with Crippen molar-refractivity contribution in [3.63, 3.8) is 0 Å². The zero-order chi connectivity index (χ0) is 18.4. The molecule has 0 radical (unpaired) electrons. The van der Waals surface area contributed by atoms with Crippen LogP contribution in [0.15, 0.2) is 60.7 Å². The highest BCUT2D eigenvalue weighted by molar-refractivity contribution is 5.91. The fourth-order valence-corrected chi connectivity index (χ4v) is 2.87. The van der Waals surface area contributed by atoms with Crippen LogP contribution in [-0.2, 0) is 11.3 Å². The number of hydrogen-bond acceptors (Lipinski definition) is 5. The van der Waals surface area contributed by atoms with Gasteiger partial charge in [-0.25, -0.2) is 0 Å². The number of nitrogens with two attached hydrogens (primary N) is 2. The topological polar surface area (TPSA) is 102 Å². The van der Waals surface area contributed by atoms with Crippen molar-refractivity contribution in [3.05, 3.63) is 66.3 Å². The Morgan fingerprint density at radius 2 is 2.00 bits per heavy atom. The van der Waals surface area contributed by atoms with E-state index in [1.54, 1.807) is 29.2 Å². The van der Waals surface area contributed by atoms with E-state index in [1.807, 2.05) is 30.3 Å². The average molecular weight is 352 g/mol. The van der Waals surface area contributed by atoms with E-state index in [1.165, 1.54) is 12.8 Å². The summed E-state index contributed by atoms with van der Waals surface area (Å²) in [5.74, 6) is 0.584. The number of carbonyl (C=O) groups is 1. The highest BCUT2D eigenvalue weighted by Gasteiger charge is 2.11. The number of nitrogens with zero attached hydrogens (tertiary/aromatic N) is 3. The Morgan fingerprint density at radius 3 is 2.73 bits per heavy atom. The third-order valence-corrected chi connectivity index (χ3v) is 4.25. The molecule has 0 unspecified atom stereocenters. The molecule has 1 aromatic heterocycles. The van der Waals surface area contributed by atoms with E-state index in [2.05, 4.69) is 15.3 Å². The zero-order valence-corrected chi connectivity index (χ0v) is 14.6. The highest BCUT2D eigenvalue weighted by Crippen LogP contribution is 2.17. The quantitative estimate of drug-likeness (QED) is 0.687. The van der Waals surface area contributed by atoms with E-state index in [9.17, 15) is 4.79 Å². The van der Waals surface area contributed by atoms with Gasteiger partial charge in [-0.05, 0) is 48.8 Å². The van der Waals surface area contributed by atoms with Crippen molar-refractivity contribution in [2.45, 2.75) is 19.4 Å². The molecule has 7 nitrogen and oxygen atoms in total. The first-order chi connectivity index (χ1) is 12.6. The van der Waals surface area contributed by atoms with Crippen LogP contribution in [0.1, 0.15) is 18.4 Å². The van der Waals surface area contributed by atoms with Crippen LogP contribution in [0.4, 0.5) is 5.69 Å². The summed E-state index contributed by atoms with van der Waals surface area (Å²) >= 11 is 0. The lowest BCUT2D eigenvalue weighted by Crippen LogP contribution is -2.24. The second kappa shape index (κ2) is 8.24. The number of amides is 1. The third-order valence-electron chi connectivity index (χ3n) is 4.25. The maximum atomic E-state index is 12.1. The Kier molecular flexibility index (Phi) is 5.58. The largest absolute Gasteiger partial charge is 0.398 e. The van der Waals surface area contributed by atoms with Gasteiger partial charge in [0.25, 0.3) is 0 Å². The van der Waals surface area contributed by atoms with Gasteiger partial charge >= 0.3 is 0 Å². The Balaban J connectivity index is 1.64. The first-order valence-corrected chi connectivity index (χ1v) is 8.67. The third kappa shape index (κ3) is 4.66. The van der Waals surface area contributed by atoms with E-state index in [0.29, 0.717) is 11.4 Å². The molecule has 0 atom stereocenters. The number of nitrogens with one attached hydrogen (secondary N) is 1. The molecule has 0 aliphatic carbocycles. The molecule has 1 aromatic carbocycles. The summed E-state index contributed by atoms with van der Waals surface area (Å²) in [5.41, 5.74) is 14.4. The van der Waals surface area contributed by atoms with Crippen LogP contribution in [-0.4, -0.2) is 33.7 Å². The van der Waals surface area contributed by atoms with Gasteiger partial charge in [0, 0.05) is 36.9 Å². The zero-order valence-electron chi connectivity index (χ0n) is 14.6. The minimum atomic E-state index is -0.147. The molecular formula is C19H24N6O. The molecule has 0 bridgehead atoms. The van der Waals surface area contributed by atoms with E-state index in [-0.39, 0.29) is 12.5 Å². The minimum Gasteiger partial charge on any atom is -0.398 e. The number of likely N-dealkylation sites (tertiary alicyclic amines) is 1. The van der Waals surface area contributed by atoms with Gasteiger partial charge < -0.3 is 21.7 Å². The molecule has 136 valence electrons. The van der Waals surface area contributed by atoms with Crippen molar-refractivity contribution in [2.75, 3.05) is 18.4 Å². The number of rotatable bonds is 6. The van der Waals surface area contributed by atoms with Gasteiger partial charge in [0.05, 0.1) is 5.82 Å². The molecule has 7 heteroatoms. The van der Waals surface area contributed by atoms with Crippen molar-refractivity contribution < 1.29 is 4.79 Å². The SMILES string of the molecule is N/C(=C\C=C(/N)N1CCCC1)c1cccc(NC(=O)Cn2cccn2)c1. The van der Waals surface area contributed by atoms with Gasteiger partial charge in [-0.3, -0.25) is 9.48 Å². The van der Waals surface area contributed by atoms with Gasteiger partial charge in [-0.2, -0.15) is 5.10 Å². The summed E-state index contributed by atoms with van der Waals surface area (Å²) in [6, 6.07) is 9.20. The van der Waals surface area contributed by atoms with Crippen LogP contribution in [0.25, 0.3) is 5.70 Å². The van der Waals surface area contributed by atoms with Gasteiger partial charge in [-0.1, -0.05) is 12.1 Å². The first kappa shape index (κ1) is 17.6. The molecule has 3 rings (SSSR count). The Morgan fingerprint density at radius 1 is 1.19 bits per heavy atom. The second-order valence-corrected chi connectivity index (χ2v) is 6.24. The normalized spacial score (nSPS) is 15.3. The predicted octanol–water partition coefficient (Wildman–Crippen LogP) is 1.72. The van der Waals surface area contributed by atoms with Gasteiger partial charge in [0.1, 0.15) is 6.54 Å². The van der Waals surface area contributed by atoms with Gasteiger partial charge in [0.15, 0.2) is 0 Å². The van der Waals surface area contributed by atoms with E-state index in [0.717, 1.165) is 24.5 Å². The van der Waals surface area contributed by atoms with Crippen molar-refractivity contribution >= 4 is 17.3 Å². The molecule has 2 aromatic rings. The monoisotopic (exact) mass is 352 g/mol. The molecule has 1 saturated heterocycles. The fraction of sp³-hybridized carbons (Fsp3) is 0.263. The molecular weight excluding hydrogens is 328 g/mol. The number of aromatic nitrogens is 2. The van der Waals surface area contributed by atoms with Crippen LogP contribution in [0, 0.1) is 0 Å². The summed E-state index contributed by atoms with van der Waals surface area (Å²) in [6.07, 6.45) is 9.37. The first-order valence-electron chi connectivity index (χ1n) is 8.67. The summed E-state index contributed by atoms with van der Waals surface area (Å²) < 4.78 is 1.57. The molecule has 5 N–H and O–H groups in total. The van der Waals surface area contributed by atoms with Crippen molar-refractivity contribution in [1.29, 1.82) is 0 Å². The number of anilines is 1. The van der Waals surface area contributed by atoms with Crippen LogP contribution >= 0.6 is 0 Å². The average Bonchev–Trinajstić information content (AvgIpc) is 3.33. The van der Waals surface area contributed by atoms with Gasteiger partial charge in [-0.15, -0.1) is 0 Å². The smallest absolute Gasteiger partial charge is 0.246 e. The summed E-state index contributed by atoms with van der Waals surface area (Å²) in [5, 5.41) is 6.88. The lowest BCUT2D eigenvalue weighted by molar-refractivity contribution is -0.116. The minimum absolute atomic E-state index is 0.147. The number of allylic oxidation sites excluding steroid dienone is 2. The maximum absolute atomic E-state index is 12.1. The lowest BCUT2D eigenvalue weighted by Gasteiger charge is -2.16. The van der Waals surface area contributed by atoms with Crippen molar-refractivity contribution in [2.24, 2.45) is 11.5 Å². The Hall–Kier alpha value is -3.22. The fourth-order valence-electron chi connectivity index (χ4n) is 2.87. The molecule has 0 spiro atoms. The number of carbonyl (C=O) groups excluding carboxylic acids is 1. The van der Waals surface area contributed by atoms with Gasteiger partial charge in [0.2, 0.25) is 5.91 Å². The molecule has 1 aliphatic rings. The van der Waals surface area contributed by atoms with E-state index in [4.69, 9.17) is 11.5 Å². The Labute approximate surface area is 153 Å². The highest BCUT2D eigenvalue weighted by atomic mass is 16.2. The molecule has 0 saturated carbocycles. The molecule has 1 amide bonds. The summed E-state index contributed by atoms with van der Waals surface area (Å²) in [7, 11) is 0. The summed E-state index contributed by atoms with van der Waals surface area (Å²) in [4.78, 5) is 14.2. The van der Waals surface area contributed by atoms with E-state index < -0.39 is 0 Å². The van der Waals surface area contributed by atoms with Crippen molar-refractivity contribution in [3.8, 4) is 0 Å². The summed E-state index contributed by atoms with van der Waals surface area (Å²) in [6.45, 7) is 2.15. The van der Waals surface area contributed by atoms with Crippen LogP contribution < -0.4 is 16.8 Å². The lowest BCUT2D eigenvalue weighted by atomic mass is 10.1. The standard InChI is InChI=1S/C19H24N6O/c20-17(7-8-18(21)24-10-1-2-11-24)15-5-3-6-16(13-15)23-19(26)14-25-12-4-9-22-25/h3-9,12-13H,1-2,10-11,14,20-21H2,(H,23,26)/b17-7-,18-8+. The van der Waals surface area contributed by atoms with Crippen LogP contribution in [0.3, 0.4) is 0 Å². The molecule has 1 aliphatic heterocycles. The van der Waals surface area contributed by atoms with E-state index >= 15 is 0 Å². The van der Waals surface area contributed by atoms with Crippen LogP contribution in [0.2, 0.25) is 0 Å². The van der Waals surface area contributed by atoms with Crippen LogP contribution in [0.5, 0.6) is 0 Å². The predicted molar refractivity (Wildman–Crippen MR) is 103 cm³/mol. The number of hydrogen-bond donors (Lipinski definition) is 3. The van der Waals surface area contributed by atoms with Crippen molar-refractivity contribution in [1.82, 2.24) is 14.7 Å². The number of benzene rings is 1. The molecule has 26 heavy (non-hydrogen) atoms. The Bertz CT molecular complexity index is 803.